The van der Waals surface area contributed by atoms with Crippen molar-refractivity contribution in [2.45, 2.75) is 25.8 Å². The summed E-state index contributed by atoms with van der Waals surface area (Å²) in [5.41, 5.74) is 1.35. The van der Waals surface area contributed by atoms with Gasteiger partial charge in [-0.2, -0.15) is 0 Å². The van der Waals surface area contributed by atoms with E-state index in [-0.39, 0.29) is 30.6 Å². The molecule has 1 N–H and O–H groups in total. The first kappa shape index (κ1) is 16.8. The lowest BCUT2D eigenvalue weighted by Crippen LogP contribution is -2.25. The second-order valence-corrected chi connectivity index (χ2v) is 5.69. The molecule has 0 saturated heterocycles. The van der Waals surface area contributed by atoms with Crippen LogP contribution in [0.4, 0.5) is 4.39 Å². The molecule has 25 heavy (non-hydrogen) atoms. The molecular formula is C19H18FN3O2. The maximum absolute atomic E-state index is 13.7. The van der Waals surface area contributed by atoms with Gasteiger partial charge in [-0.05, 0) is 11.6 Å². The Hall–Kier alpha value is -3.02. The molecule has 0 aliphatic rings. The summed E-state index contributed by atoms with van der Waals surface area (Å²) in [5.74, 6) is -0.0571. The van der Waals surface area contributed by atoms with Gasteiger partial charge in [-0.15, -0.1) is 10.2 Å². The Kier molecular flexibility index (Phi) is 5.18. The zero-order valence-electron chi connectivity index (χ0n) is 13.8. The molecule has 0 fully saturated rings. The zero-order valence-corrected chi connectivity index (χ0v) is 13.8. The first-order chi connectivity index (χ1) is 12.1. The predicted molar refractivity (Wildman–Crippen MR) is 90.2 cm³/mol. The van der Waals surface area contributed by atoms with Crippen LogP contribution in [0.15, 0.2) is 59.0 Å². The molecule has 5 nitrogen and oxygen atoms in total. The first-order valence-corrected chi connectivity index (χ1v) is 7.98. The van der Waals surface area contributed by atoms with E-state index in [1.165, 1.54) is 6.07 Å². The molecular weight excluding hydrogens is 321 g/mol. The summed E-state index contributed by atoms with van der Waals surface area (Å²) in [4.78, 5) is 12.4. The number of carbonyl (C=O) groups excluding carboxylic acids is 1. The van der Waals surface area contributed by atoms with Gasteiger partial charge in [0, 0.05) is 25.5 Å². The Balaban J connectivity index is 1.72. The van der Waals surface area contributed by atoms with Crippen LogP contribution < -0.4 is 5.32 Å². The quantitative estimate of drug-likeness (QED) is 0.748. The summed E-state index contributed by atoms with van der Waals surface area (Å²) in [6.45, 7) is 1.84. The molecule has 0 aliphatic carbocycles. The van der Waals surface area contributed by atoms with Crippen LogP contribution in [0.5, 0.6) is 0 Å². The Morgan fingerprint density at radius 2 is 1.84 bits per heavy atom. The van der Waals surface area contributed by atoms with Gasteiger partial charge in [0.1, 0.15) is 5.82 Å². The van der Waals surface area contributed by atoms with Gasteiger partial charge >= 0.3 is 0 Å². The molecule has 0 aliphatic heterocycles. The molecule has 3 aromatic rings. The summed E-state index contributed by atoms with van der Waals surface area (Å²) in [5, 5.41) is 10.6. The van der Waals surface area contributed by atoms with E-state index < -0.39 is 0 Å². The summed E-state index contributed by atoms with van der Waals surface area (Å²) < 4.78 is 19.2. The molecule has 1 atom stereocenters. The standard InChI is InChI=1S/C19H18FN3O2/c1-13-22-23-19(25-13)16(14-7-3-2-4-8-14)11-18(24)21-12-15-9-5-6-10-17(15)20/h2-10,16H,11-12H2,1H3,(H,21,24). The Labute approximate surface area is 144 Å². The lowest BCUT2D eigenvalue weighted by molar-refractivity contribution is -0.121. The number of aryl methyl sites for hydroxylation is 1. The molecule has 128 valence electrons. The fraction of sp³-hybridized carbons (Fsp3) is 0.211. The summed E-state index contributed by atoms with van der Waals surface area (Å²) in [6.07, 6.45) is 0.139. The van der Waals surface area contributed by atoms with Gasteiger partial charge in [0.2, 0.25) is 17.7 Å². The van der Waals surface area contributed by atoms with E-state index in [2.05, 4.69) is 15.5 Å². The van der Waals surface area contributed by atoms with Crippen LogP contribution in [-0.4, -0.2) is 16.1 Å². The van der Waals surface area contributed by atoms with Crippen LogP contribution in [0.1, 0.15) is 35.2 Å². The molecule has 1 unspecified atom stereocenters. The van der Waals surface area contributed by atoms with E-state index in [4.69, 9.17) is 4.42 Å². The number of halogens is 1. The topological polar surface area (TPSA) is 68.0 Å². The number of hydrogen-bond donors (Lipinski definition) is 1. The third-order valence-electron chi connectivity index (χ3n) is 3.87. The van der Waals surface area contributed by atoms with Crippen molar-refractivity contribution in [2.24, 2.45) is 0 Å². The molecule has 0 bridgehead atoms. The number of nitrogens with one attached hydrogen (secondary N) is 1. The Bertz CT molecular complexity index is 849. The SMILES string of the molecule is Cc1nnc(C(CC(=O)NCc2ccccc2F)c2ccccc2)o1. The molecule has 0 radical (unpaired) electrons. The van der Waals surface area contributed by atoms with Crippen molar-refractivity contribution in [1.29, 1.82) is 0 Å². The first-order valence-electron chi connectivity index (χ1n) is 7.98. The van der Waals surface area contributed by atoms with Crippen LogP contribution in [0.3, 0.4) is 0 Å². The summed E-state index contributed by atoms with van der Waals surface area (Å²) in [6, 6.07) is 15.9. The number of amides is 1. The molecule has 1 amide bonds. The van der Waals surface area contributed by atoms with Crippen molar-refractivity contribution in [3.8, 4) is 0 Å². The Morgan fingerprint density at radius 3 is 2.52 bits per heavy atom. The van der Waals surface area contributed by atoms with Crippen molar-refractivity contribution < 1.29 is 13.6 Å². The molecule has 0 spiro atoms. The normalized spacial score (nSPS) is 11.9. The monoisotopic (exact) mass is 339 g/mol. The highest BCUT2D eigenvalue weighted by Crippen LogP contribution is 2.27. The summed E-state index contributed by atoms with van der Waals surface area (Å²) in [7, 11) is 0. The minimum atomic E-state index is -0.344. The van der Waals surface area contributed by atoms with E-state index in [0.29, 0.717) is 17.3 Å². The number of hydrogen-bond acceptors (Lipinski definition) is 4. The van der Waals surface area contributed by atoms with Crippen molar-refractivity contribution in [1.82, 2.24) is 15.5 Å². The molecule has 1 aromatic heterocycles. The van der Waals surface area contributed by atoms with Gasteiger partial charge in [-0.25, -0.2) is 4.39 Å². The van der Waals surface area contributed by atoms with Gasteiger partial charge in [-0.3, -0.25) is 4.79 Å². The van der Waals surface area contributed by atoms with Gasteiger partial charge < -0.3 is 9.73 Å². The van der Waals surface area contributed by atoms with Crippen LogP contribution in [0.25, 0.3) is 0 Å². The fourth-order valence-electron chi connectivity index (χ4n) is 2.58. The van der Waals surface area contributed by atoms with E-state index in [9.17, 15) is 9.18 Å². The molecule has 2 aromatic carbocycles. The second kappa shape index (κ2) is 7.70. The number of rotatable bonds is 6. The average molecular weight is 339 g/mol. The van der Waals surface area contributed by atoms with Crippen LogP contribution >= 0.6 is 0 Å². The average Bonchev–Trinajstić information content (AvgIpc) is 3.06. The van der Waals surface area contributed by atoms with Gasteiger partial charge in [0.15, 0.2) is 0 Å². The van der Waals surface area contributed by atoms with Crippen LogP contribution in [0.2, 0.25) is 0 Å². The third-order valence-corrected chi connectivity index (χ3v) is 3.87. The van der Waals surface area contributed by atoms with Crippen molar-refractivity contribution in [3.63, 3.8) is 0 Å². The van der Waals surface area contributed by atoms with Crippen molar-refractivity contribution >= 4 is 5.91 Å². The van der Waals surface area contributed by atoms with E-state index >= 15 is 0 Å². The highest BCUT2D eigenvalue weighted by Gasteiger charge is 2.23. The Morgan fingerprint density at radius 1 is 1.12 bits per heavy atom. The molecule has 0 saturated carbocycles. The molecule has 3 rings (SSSR count). The van der Waals surface area contributed by atoms with Gasteiger partial charge in [0.05, 0.1) is 5.92 Å². The fourth-order valence-corrected chi connectivity index (χ4v) is 2.58. The zero-order chi connectivity index (χ0) is 17.6. The van der Waals surface area contributed by atoms with Gasteiger partial charge in [-0.1, -0.05) is 48.5 Å². The van der Waals surface area contributed by atoms with Crippen LogP contribution in [-0.2, 0) is 11.3 Å². The second-order valence-electron chi connectivity index (χ2n) is 5.69. The number of benzene rings is 2. The van der Waals surface area contributed by atoms with E-state index in [1.54, 1.807) is 25.1 Å². The van der Waals surface area contributed by atoms with Crippen molar-refractivity contribution in [3.05, 3.63) is 83.3 Å². The summed E-state index contributed by atoms with van der Waals surface area (Å²) >= 11 is 0. The number of carbonyl (C=O) groups is 1. The minimum absolute atomic E-state index is 0.135. The maximum atomic E-state index is 13.7. The smallest absolute Gasteiger partial charge is 0.224 e. The molecule has 6 heteroatoms. The lowest BCUT2D eigenvalue weighted by atomic mass is 9.95. The predicted octanol–water partition coefficient (Wildman–Crippen LogP) is 3.36. The van der Waals surface area contributed by atoms with E-state index in [0.717, 1.165) is 5.56 Å². The van der Waals surface area contributed by atoms with E-state index in [1.807, 2.05) is 30.3 Å². The highest BCUT2D eigenvalue weighted by molar-refractivity contribution is 5.77. The third kappa shape index (κ3) is 4.29. The molecule has 1 heterocycles. The minimum Gasteiger partial charge on any atom is -0.425 e. The van der Waals surface area contributed by atoms with Crippen LogP contribution in [0, 0.1) is 12.7 Å². The van der Waals surface area contributed by atoms with Crippen molar-refractivity contribution in [2.75, 3.05) is 0 Å². The lowest BCUT2D eigenvalue weighted by Gasteiger charge is -2.14. The number of nitrogens with zero attached hydrogens (tertiary/aromatic N) is 2. The maximum Gasteiger partial charge on any atom is 0.224 e. The highest BCUT2D eigenvalue weighted by atomic mass is 19.1. The van der Waals surface area contributed by atoms with Gasteiger partial charge in [0.25, 0.3) is 0 Å². The largest absolute Gasteiger partial charge is 0.425 e. The number of aromatic nitrogens is 2.